The van der Waals surface area contributed by atoms with Crippen LogP contribution in [-0.2, 0) is 9.53 Å². The second-order valence-corrected chi connectivity index (χ2v) is 5.41. The molecule has 0 heterocycles. The van der Waals surface area contributed by atoms with E-state index in [1.807, 2.05) is 13.8 Å². The number of methoxy groups -OCH3 is 1. The average molecular weight is 320 g/mol. The fourth-order valence-corrected chi connectivity index (χ4v) is 2.21. The zero-order chi connectivity index (χ0) is 15.1. The minimum atomic E-state index is -0.356. The van der Waals surface area contributed by atoms with Crippen LogP contribution in [0.4, 0.5) is 0 Å². The molecule has 0 aliphatic carbocycles. The number of para-hydroxylation sites is 1. The first-order chi connectivity index (χ1) is 9.47. The van der Waals surface area contributed by atoms with Gasteiger partial charge in [-0.15, -0.1) is 0 Å². The Morgan fingerprint density at radius 1 is 1.30 bits per heavy atom. The van der Waals surface area contributed by atoms with Crippen LogP contribution in [-0.4, -0.2) is 32.3 Å². The molecule has 0 radical (unpaired) electrons. The number of hydrogen-bond acceptors (Lipinski definition) is 4. The molecule has 0 spiro atoms. The highest BCUT2D eigenvalue weighted by molar-refractivity contribution is 6.37. The summed E-state index contributed by atoms with van der Waals surface area (Å²) in [5, 5.41) is 4.02. The molecule has 0 bridgehead atoms. The number of benzene rings is 1. The van der Waals surface area contributed by atoms with Crippen molar-refractivity contribution in [1.82, 2.24) is 5.32 Å². The van der Waals surface area contributed by atoms with Crippen LogP contribution in [0.3, 0.4) is 0 Å². The van der Waals surface area contributed by atoms with Gasteiger partial charge in [0.1, 0.15) is 12.6 Å². The molecule has 1 unspecified atom stereocenters. The van der Waals surface area contributed by atoms with Gasteiger partial charge < -0.3 is 14.8 Å². The number of carbonyl (C=O) groups excluding carboxylic acids is 1. The Bertz CT molecular complexity index is 432. The first-order valence-electron chi connectivity index (χ1n) is 6.35. The monoisotopic (exact) mass is 319 g/mol. The summed E-state index contributed by atoms with van der Waals surface area (Å²) in [5.74, 6) is 0.305. The second-order valence-electron chi connectivity index (χ2n) is 4.60. The largest absolute Gasteiger partial charge is 0.489 e. The summed E-state index contributed by atoms with van der Waals surface area (Å²) in [6.45, 7) is 4.73. The first kappa shape index (κ1) is 17.1. The van der Waals surface area contributed by atoms with Gasteiger partial charge in [0, 0.05) is 6.54 Å². The molecule has 1 rings (SSSR count). The summed E-state index contributed by atoms with van der Waals surface area (Å²) < 4.78 is 10.3. The first-order valence-corrected chi connectivity index (χ1v) is 7.11. The molecule has 0 aromatic heterocycles. The van der Waals surface area contributed by atoms with Crippen molar-refractivity contribution < 1.29 is 14.3 Å². The normalized spacial score (nSPS) is 12.3. The molecule has 6 heteroatoms. The maximum absolute atomic E-state index is 11.6. The van der Waals surface area contributed by atoms with E-state index in [0.717, 1.165) is 0 Å². The quantitative estimate of drug-likeness (QED) is 0.619. The molecule has 20 heavy (non-hydrogen) atoms. The Labute approximate surface area is 129 Å². The van der Waals surface area contributed by atoms with E-state index in [1.165, 1.54) is 7.11 Å². The zero-order valence-electron chi connectivity index (χ0n) is 11.8. The highest BCUT2D eigenvalue weighted by Gasteiger charge is 2.21. The molecule has 1 atom stereocenters. The van der Waals surface area contributed by atoms with Gasteiger partial charge in [0.2, 0.25) is 0 Å². The summed E-state index contributed by atoms with van der Waals surface area (Å²) in [4.78, 5) is 11.6. The molecule has 4 nitrogen and oxygen atoms in total. The van der Waals surface area contributed by atoms with E-state index in [0.29, 0.717) is 28.9 Å². The van der Waals surface area contributed by atoms with Crippen molar-refractivity contribution in [1.29, 1.82) is 0 Å². The topological polar surface area (TPSA) is 47.6 Å². The molecule has 112 valence electrons. The SMILES string of the molecule is COC(=O)C(NCCOc1c(Cl)cccc1Cl)C(C)C. The molecule has 0 saturated heterocycles. The van der Waals surface area contributed by atoms with E-state index < -0.39 is 0 Å². The van der Waals surface area contributed by atoms with Crippen molar-refractivity contribution in [3.05, 3.63) is 28.2 Å². The summed E-state index contributed by atoms with van der Waals surface area (Å²) in [6.07, 6.45) is 0. The molecule has 0 saturated carbocycles. The molecule has 1 N–H and O–H groups in total. The van der Waals surface area contributed by atoms with Crippen LogP contribution in [0.5, 0.6) is 5.75 Å². The third kappa shape index (κ3) is 4.85. The Balaban J connectivity index is 2.46. The lowest BCUT2D eigenvalue weighted by atomic mass is 10.1. The Hall–Kier alpha value is -0.970. The van der Waals surface area contributed by atoms with Crippen molar-refractivity contribution in [3.8, 4) is 5.75 Å². The van der Waals surface area contributed by atoms with Crippen LogP contribution in [0.1, 0.15) is 13.8 Å². The molecule has 0 aliphatic heterocycles. The Kier molecular flexibility index (Phi) is 7.13. The van der Waals surface area contributed by atoms with Crippen LogP contribution < -0.4 is 10.1 Å². The molecular formula is C14H19Cl2NO3. The molecular weight excluding hydrogens is 301 g/mol. The second kappa shape index (κ2) is 8.35. The average Bonchev–Trinajstić information content (AvgIpc) is 2.40. The van der Waals surface area contributed by atoms with Crippen LogP contribution in [0, 0.1) is 5.92 Å². The van der Waals surface area contributed by atoms with E-state index in [9.17, 15) is 4.79 Å². The third-order valence-corrected chi connectivity index (χ3v) is 3.35. The van der Waals surface area contributed by atoms with Crippen LogP contribution in [0.2, 0.25) is 10.0 Å². The highest BCUT2D eigenvalue weighted by atomic mass is 35.5. The molecule has 0 fully saturated rings. The standard InChI is InChI=1S/C14H19Cl2NO3/c1-9(2)12(14(18)19-3)17-7-8-20-13-10(15)5-4-6-11(13)16/h4-6,9,12,17H,7-8H2,1-3H3. The minimum absolute atomic E-state index is 0.131. The van der Waals surface area contributed by atoms with E-state index in [2.05, 4.69) is 5.32 Å². The van der Waals surface area contributed by atoms with E-state index in [1.54, 1.807) is 18.2 Å². The van der Waals surface area contributed by atoms with E-state index in [4.69, 9.17) is 32.7 Å². The number of hydrogen-bond donors (Lipinski definition) is 1. The summed E-state index contributed by atoms with van der Waals surface area (Å²) >= 11 is 12.0. The molecule has 0 amide bonds. The van der Waals surface area contributed by atoms with Gasteiger partial charge in [0.15, 0.2) is 5.75 Å². The molecule has 0 aliphatic rings. The lowest BCUT2D eigenvalue weighted by Crippen LogP contribution is -2.43. The molecule has 1 aromatic carbocycles. The fourth-order valence-electron chi connectivity index (χ4n) is 1.71. The van der Waals surface area contributed by atoms with Gasteiger partial charge in [0.25, 0.3) is 0 Å². The van der Waals surface area contributed by atoms with Gasteiger partial charge >= 0.3 is 5.97 Å². The number of rotatable bonds is 7. The predicted molar refractivity (Wildman–Crippen MR) is 80.6 cm³/mol. The van der Waals surface area contributed by atoms with Crippen molar-refractivity contribution in [2.75, 3.05) is 20.3 Å². The highest BCUT2D eigenvalue weighted by Crippen LogP contribution is 2.32. The summed E-state index contributed by atoms with van der Waals surface area (Å²) in [6, 6.07) is 4.82. The number of ether oxygens (including phenoxy) is 2. The summed E-state index contributed by atoms with van der Waals surface area (Å²) in [7, 11) is 1.37. The van der Waals surface area contributed by atoms with E-state index >= 15 is 0 Å². The third-order valence-electron chi connectivity index (χ3n) is 2.75. The lowest BCUT2D eigenvalue weighted by Gasteiger charge is -2.20. The minimum Gasteiger partial charge on any atom is -0.489 e. The van der Waals surface area contributed by atoms with Crippen LogP contribution in [0.15, 0.2) is 18.2 Å². The van der Waals surface area contributed by atoms with Gasteiger partial charge in [-0.2, -0.15) is 0 Å². The van der Waals surface area contributed by atoms with Gasteiger partial charge in [-0.05, 0) is 18.1 Å². The number of carbonyl (C=O) groups is 1. The van der Waals surface area contributed by atoms with E-state index in [-0.39, 0.29) is 17.9 Å². The number of halogens is 2. The fraction of sp³-hybridized carbons (Fsp3) is 0.500. The maximum atomic E-state index is 11.6. The lowest BCUT2D eigenvalue weighted by molar-refractivity contribution is -0.144. The van der Waals surface area contributed by atoms with Crippen molar-refractivity contribution in [2.24, 2.45) is 5.92 Å². The number of nitrogens with one attached hydrogen (secondary N) is 1. The summed E-state index contributed by atoms with van der Waals surface area (Å²) in [5.41, 5.74) is 0. The van der Waals surface area contributed by atoms with Gasteiger partial charge in [0.05, 0.1) is 17.2 Å². The van der Waals surface area contributed by atoms with Crippen LogP contribution >= 0.6 is 23.2 Å². The smallest absolute Gasteiger partial charge is 0.323 e. The van der Waals surface area contributed by atoms with Crippen molar-refractivity contribution in [3.63, 3.8) is 0 Å². The van der Waals surface area contributed by atoms with Gasteiger partial charge in [-0.3, -0.25) is 4.79 Å². The Morgan fingerprint density at radius 2 is 1.90 bits per heavy atom. The maximum Gasteiger partial charge on any atom is 0.323 e. The number of esters is 1. The van der Waals surface area contributed by atoms with Gasteiger partial charge in [-0.25, -0.2) is 0 Å². The zero-order valence-corrected chi connectivity index (χ0v) is 13.3. The van der Waals surface area contributed by atoms with Crippen LogP contribution in [0.25, 0.3) is 0 Å². The van der Waals surface area contributed by atoms with Crippen molar-refractivity contribution >= 4 is 29.2 Å². The Morgan fingerprint density at radius 3 is 2.40 bits per heavy atom. The molecule has 1 aromatic rings. The van der Waals surface area contributed by atoms with Crippen molar-refractivity contribution in [2.45, 2.75) is 19.9 Å². The van der Waals surface area contributed by atoms with Gasteiger partial charge in [-0.1, -0.05) is 43.1 Å². The predicted octanol–water partition coefficient (Wildman–Crippen LogP) is 3.16.